The van der Waals surface area contributed by atoms with E-state index in [-0.39, 0.29) is 29.8 Å². The van der Waals surface area contributed by atoms with Crippen LogP contribution in [0.5, 0.6) is 0 Å². The summed E-state index contributed by atoms with van der Waals surface area (Å²) in [5, 5.41) is 2.29. The number of carbonyl (C=O) groups is 6. The molecule has 1 fully saturated rings. The van der Waals surface area contributed by atoms with Crippen LogP contribution >= 0.6 is 0 Å². The fourth-order valence-electron chi connectivity index (χ4n) is 4.57. The largest absolute Gasteiger partial charge is 0.463 e. The Hall–Kier alpha value is -4.04. The van der Waals surface area contributed by atoms with Gasteiger partial charge >= 0.3 is 24.0 Å². The van der Waals surface area contributed by atoms with Crippen LogP contribution in [0, 0.1) is 0 Å². The van der Waals surface area contributed by atoms with Crippen molar-refractivity contribution in [3.8, 4) is 0 Å². The third-order valence-electron chi connectivity index (χ3n) is 6.14. The summed E-state index contributed by atoms with van der Waals surface area (Å²) in [4.78, 5) is 75.8. The van der Waals surface area contributed by atoms with Crippen LogP contribution in [0.2, 0.25) is 0 Å². The molecule has 0 saturated carbocycles. The number of hydrogen-bond acceptors (Lipinski definition) is 12. The Balaban J connectivity index is 2.14. The SMILES string of the molecule is CCOCCN1C(=O)c2cccc([C@H]3O[C@H](COC(C)=O)[C@@H](OC(C)=O)[C@H](OC(C)=O)[C@@H]3OC(=O)NC)c2C1=O. The van der Waals surface area contributed by atoms with Gasteiger partial charge in [-0.25, -0.2) is 4.79 Å². The van der Waals surface area contributed by atoms with Crippen LogP contribution in [0.3, 0.4) is 0 Å². The van der Waals surface area contributed by atoms with Crippen molar-refractivity contribution in [2.24, 2.45) is 0 Å². The highest BCUT2D eigenvalue weighted by Gasteiger charge is 2.54. The molecule has 14 heteroatoms. The van der Waals surface area contributed by atoms with Crippen molar-refractivity contribution in [1.29, 1.82) is 0 Å². The topological polar surface area (TPSA) is 173 Å². The van der Waals surface area contributed by atoms with Gasteiger partial charge in [0.2, 0.25) is 0 Å². The Morgan fingerprint density at radius 1 is 0.925 bits per heavy atom. The van der Waals surface area contributed by atoms with Gasteiger partial charge in [-0.1, -0.05) is 12.1 Å². The summed E-state index contributed by atoms with van der Waals surface area (Å²) in [7, 11) is 1.30. The molecule has 0 unspecified atom stereocenters. The molecule has 1 N–H and O–H groups in total. The van der Waals surface area contributed by atoms with Crippen LogP contribution in [0.15, 0.2) is 18.2 Å². The number of alkyl carbamates (subject to hydrolysis) is 1. The van der Waals surface area contributed by atoms with E-state index in [1.165, 1.54) is 25.2 Å². The Morgan fingerprint density at radius 2 is 1.60 bits per heavy atom. The highest BCUT2D eigenvalue weighted by atomic mass is 16.7. The lowest BCUT2D eigenvalue weighted by atomic mass is 9.87. The van der Waals surface area contributed by atoms with Crippen molar-refractivity contribution in [3.63, 3.8) is 0 Å². The van der Waals surface area contributed by atoms with Crippen molar-refractivity contribution in [1.82, 2.24) is 10.2 Å². The minimum absolute atomic E-state index is 0.00162. The normalized spacial score (nSPS) is 23.7. The van der Waals surface area contributed by atoms with Crippen LogP contribution in [-0.4, -0.2) is 98.5 Å². The molecule has 5 atom stereocenters. The maximum atomic E-state index is 13.5. The molecule has 0 aromatic heterocycles. The van der Waals surface area contributed by atoms with Crippen LogP contribution in [0.1, 0.15) is 60.1 Å². The van der Waals surface area contributed by atoms with Gasteiger partial charge in [-0.15, -0.1) is 0 Å². The molecule has 1 aromatic rings. The van der Waals surface area contributed by atoms with Gasteiger partial charge in [-0.2, -0.15) is 0 Å². The average Bonchev–Trinajstić information content (AvgIpc) is 3.14. The Kier molecular flexibility index (Phi) is 10.2. The second-order valence-electron chi connectivity index (χ2n) is 8.89. The maximum absolute atomic E-state index is 13.5. The quantitative estimate of drug-likeness (QED) is 0.184. The second kappa shape index (κ2) is 13.3. The second-order valence-corrected chi connectivity index (χ2v) is 8.89. The number of rotatable bonds is 10. The Bertz CT molecular complexity index is 1170. The van der Waals surface area contributed by atoms with E-state index in [9.17, 15) is 28.8 Å². The molecule has 14 nitrogen and oxygen atoms in total. The number of esters is 3. The first-order valence-electron chi connectivity index (χ1n) is 12.6. The Labute approximate surface area is 230 Å². The maximum Gasteiger partial charge on any atom is 0.407 e. The first-order chi connectivity index (χ1) is 19.0. The summed E-state index contributed by atoms with van der Waals surface area (Å²) in [5.41, 5.74) is 0.233. The van der Waals surface area contributed by atoms with Gasteiger partial charge in [0.15, 0.2) is 18.3 Å². The molecular formula is C26H32N2O12. The third kappa shape index (κ3) is 6.74. The smallest absolute Gasteiger partial charge is 0.407 e. The average molecular weight is 565 g/mol. The molecule has 2 aliphatic rings. The highest BCUT2D eigenvalue weighted by Crippen LogP contribution is 2.41. The number of ether oxygens (including phenoxy) is 6. The molecule has 1 aromatic carbocycles. The number of amides is 3. The van der Waals surface area contributed by atoms with E-state index in [0.717, 1.165) is 25.7 Å². The minimum atomic E-state index is -1.46. The summed E-state index contributed by atoms with van der Waals surface area (Å²) >= 11 is 0. The zero-order chi connectivity index (χ0) is 29.6. The van der Waals surface area contributed by atoms with E-state index in [0.29, 0.717) is 6.61 Å². The molecule has 0 aliphatic carbocycles. The first kappa shape index (κ1) is 30.5. The number of fused-ring (bicyclic) bond motifs is 1. The predicted octanol–water partition coefficient (Wildman–Crippen LogP) is 0.910. The lowest BCUT2D eigenvalue weighted by Gasteiger charge is -2.44. The van der Waals surface area contributed by atoms with Gasteiger partial charge in [0.25, 0.3) is 11.8 Å². The van der Waals surface area contributed by atoms with Crippen molar-refractivity contribution < 1.29 is 57.2 Å². The van der Waals surface area contributed by atoms with Gasteiger partial charge in [0, 0.05) is 34.4 Å². The predicted molar refractivity (Wildman–Crippen MR) is 133 cm³/mol. The summed E-state index contributed by atoms with van der Waals surface area (Å²) in [6, 6.07) is 4.49. The van der Waals surface area contributed by atoms with Gasteiger partial charge in [0.05, 0.1) is 24.3 Å². The van der Waals surface area contributed by atoms with Gasteiger partial charge in [-0.3, -0.25) is 28.9 Å². The summed E-state index contributed by atoms with van der Waals surface area (Å²) in [6.07, 6.45) is -7.77. The van der Waals surface area contributed by atoms with E-state index >= 15 is 0 Å². The van der Waals surface area contributed by atoms with E-state index < -0.39 is 72.9 Å². The molecule has 0 spiro atoms. The summed E-state index contributed by atoms with van der Waals surface area (Å²) < 4.78 is 33.0. The lowest BCUT2D eigenvalue weighted by Crippen LogP contribution is -2.60. The highest BCUT2D eigenvalue weighted by molar-refractivity contribution is 6.22. The number of nitrogens with one attached hydrogen (secondary N) is 1. The van der Waals surface area contributed by atoms with Crippen LogP contribution < -0.4 is 5.32 Å². The molecule has 1 saturated heterocycles. The molecular weight excluding hydrogens is 532 g/mol. The Morgan fingerprint density at radius 3 is 2.20 bits per heavy atom. The monoisotopic (exact) mass is 564 g/mol. The number of imide groups is 1. The van der Waals surface area contributed by atoms with Crippen LogP contribution in [0.4, 0.5) is 4.79 Å². The molecule has 2 heterocycles. The standard InChI is InChI=1S/C26H32N2O12/c1-6-35-11-10-28-24(32)17-9-7-8-16(19(17)25(28)33)20-22(40-26(34)27-5)23(38-15(4)31)21(37-14(3)30)18(39-20)12-36-13(2)29/h7-9,18,20-23H,6,10-12H2,1-5H3,(H,27,34)/t18-,20-,21-,22-,23+/m1/s1. The third-order valence-corrected chi connectivity index (χ3v) is 6.14. The molecule has 2 aliphatic heterocycles. The molecule has 3 rings (SSSR count). The van der Waals surface area contributed by atoms with E-state index in [1.807, 2.05) is 0 Å². The first-order valence-corrected chi connectivity index (χ1v) is 12.6. The van der Waals surface area contributed by atoms with Crippen molar-refractivity contribution in [3.05, 3.63) is 34.9 Å². The van der Waals surface area contributed by atoms with Crippen LogP contribution in [-0.2, 0) is 42.8 Å². The van der Waals surface area contributed by atoms with Crippen molar-refractivity contribution >= 4 is 35.8 Å². The number of carbonyl (C=O) groups excluding carboxylic acids is 6. The van der Waals surface area contributed by atoms with Gasteiger partial charge < -0.3 is 33.7 Å². The zero-order valence-corrected chi connectivity index (χ0v) is 22.8. The number of hydrogen-bond donors (Lipinski definition) is 1. The van der Waals surface area contributed by atoms with Crippen molar-refractivity contribution in [2.45, 2.75) is 58.2 Å². The van der Waals surface area contributed by atoms with Crippen LogP contribution in [0.25, 0.3) is 0 Å². The summed E-state index contributed by atoms with van der Waals surface area (Å²) in [6.45, 7) is 5.25. The molecule has 40 heavy (non-hydrogen) atoms. The zero-order valence-electron chi connectivity index (χ0n) is 22.8. The molecule has 218 valence electrons. The number of nitrogens with zero attached hydrogens (tertiary/aromatic N) is 1. The fraction of sp³-hybridized carbons (Fsp3) is 0.538. The molecule has 3 amide bonds. The minimum Gasteiger partial charge on any atom is -0.463 e. The summed E-state index contributed by atoms with van der Waals surface area (Å²) in [5.74, 6) is -3.42. The van der Waals surface area contributed by atoms with E-state index in [1.54, 1.807) is 6.92 Å². The fourth-order valence-corrected chi connectivity index (χ4v) is 4.57. The number of benzene rings is 1. The van der Waals surface area contributed by atoms with Gasteiger partial charge in [-0.05, 0) is 18.6 Å². The lowest BCUT2D eigenvalue weighted by molar-refractivity contribution is -0.248. The molecule has 0 bridgehead atoms. The van der Waals surface area contributed by atoms with E-state index in [4.69, 9.17) is 28.4 Å². The molecule has 0 radical (unpaired) electrons. The van der Waals surface area contributed by atoms with Gasteiger partial charge in [0.1, 0.15) is 18.8 Å². The van der Waals surface area contributed by atoms with Crippen molar-refractivity contribution in [2.75, 3.05) is 33.4 Å². The van der Waals surface area contributed by atoms with E-state index in [2.05, 4.69) is 5.32 Å².